The molecule has 0 atom stereocenters. The van der Waals surface area contributed by atoms with Crippen molar-refractivity contribution >= 4 is 28.4 Å². The third-order valence-corrected chi connectivity index (χ3v) is 4.68. The van der Waals surface area contributed by atoms with Gasteiger partial charge in [0.25, 0.3) is 0 Å². The summed E-state index contributed by atoms with van der Waals surface area (Å²) in [7, 11) is 3.55. The normalized spacial score (nSPS) is 10.8. The Morgan fingerprint density at radius 2 is 2.04 bits per heavy atom. The smallest absolute Gasteiger partial charge is 0.224 e. The minimum absolute atomic E-state index is 0.0460. The number of nitrogens with zero attached hydrogens (tertiary/aromatic N) is 1. The summed E-state index contributed by atoms with van der Waals surface area (Å²) in [5.41, 5.74) is 2.97. The molecule has 2 aromatic carbocycles. The fourth-order valence-electron chi connectivity index (χ4n) is 3.16. The van der Waals surface area contributed by atoms with Crippen molar-refractivity contribution in [3.05, 3.63) is 58.7 Å². The lowest BCUT2D eigenvalue weighted by molar-refractivity contribution is -0.120. The molecule has 142 valence electrons. The highest BCUT2D eigenvalue weighted by molar-refractivity contribution is 6.32. The van der Waals surface area contributed by atoms with Crippen LogP contribution < -0.4 is 14.8 Å². The molecule has 3 aromatic rings. The Kier molecular flexibility index (Phi) is 5.91. The van der Waals surface area contributed by atoms with Gasteiger partial charge in [-0.05, 0) is 36.2 Å². The van der Waals surface area contributed by atoms with Gasteiger partial charge >= 0.3 is 0 Å². The quantitative estimate of drug-likeness (QED) is 0.665. The van der Waals surface area contributed by atoms with Gasteiger partial charge in [0.05, 0.1) is 25.2 Å². The molecule has 0 unspecified atom stereocenters. The van der Waals surface area contributed by atoms with Gasteiger partial charge in [-0.3, -0.25) is 4.79 Å². The van der Waals surface area contributed by atoms with Crippen LogP contribution in [0.1, 0.15) is 18.1 Å². The Morgan fingerprint density at radius 1 is 1.26 bits per heavy atom. The first-order valence-corrected chi connectivity index (χ1v) is 9.20. The SMILES string of the molecule is CCOc1c(Cl)cc(CNC(=O)Cc2cn(C)c3ccccc23)cc1OC. The number of fused-ring (bicyclic) bond motifs is 1. The summed E-state index contributed by atoms with van der Waals surface area (Å²) in [6.45, 7) is 2.75. The summed E-state index contributed by atoms with van der Waals surface area (Å²) in [4.78, 5) is 12.4. The number of halogens is 1. The van der Waals surface area contributed by atoms with E-state index in [4.69, 9.17) is 21.1 Å². The molecule has 0 radical (unpaired) electrons. The molecule has 0 aliphatic heterocycles. The van der Waals surface area contributed by atoms with Crippen molar-refractivity contribution < 1.29 is 14.3 Å². The molecule has 1 amide bonds. The number of amides is 1. The van der Waals surface area contributed by atoms with Crippen LogP contribution in [0.3, 0.4) is 0 Å². The molecule has 0 saturated carbocycles. The number of methoxy groups -OCH3 is 1. The maximum atomic E-state index is 12.4. The van der Waals surface area contributed by atoms with Crippen molar-refractivity contribution in [2.75, 3.05) is 13.7 Å². The van der Waals surface area contributed by atoms with Crippen molar-refractivity contribution in [1.29, 1.82) is 0 Å². The lowest BCUT2D eigenvalue weighted by Crippen LogP contribution is -2.24. The van der Waals surface area contributed by atoms with Crippen molar-refractivity contribution in [2.24, 2.45) is 7.05 Å². The van der Waals surface area contributed by atoms with Crippen LogP contribution in [0.2, 0.25) is 5.02 Å². The third-order valence-electron chi connectivity index (χ3n) is 4.40. The van der Waals surface area contributed by atoms with E-state index in [0.29, 0.717) is 36.1 Å². The van der Waals surface area contributed by atoms with Gasteiger partial charge in [0.15, 0.2) is 11.5 Å². The number of nitrogens with one attached hydrogen (secondary N) is 1. The number of ether oxygens (including phenoxy) is 2. The molecule has 0 fully saturated rings. The molecular weight excluding hydrogens is 364 g/mol. The van der Waals surface area contributed by atoms with Gasteiger partial charge in [-0.1, -0.05) is 29.8 Å². The van der Waals surface area contributed by atoms with Crippen molar-refractivity contribution in [3.63, 3.8) is 0 Å². The van der Waals surface area contributed by atoms with Crippen LogP contribution in [0.15, 0.2) is 42.6 Å². The van der Waals surface area contributed by atoms with Gasteiger partial charge in [-0.25, -0.2) is 0 Å². The van der Waals surface area contributed by atoms with E-state index in [1.807, 2.05) is 55.1 Å². The predicted molar refractivity (Wildman–Crippen MR) is 108 cm³/mol. The van der Waals surface area contributed by atoms with Crippen LogP contribution in [-0.4, -0.2) is 24.2 Å². The first-order valence-electron chi connectivity index (χ1n) is 8.82. The summed E-state index contributed by atoms with van der Waals surface area (Å²) in [5.74, 6) is 1.03. The second kappa shape index (κ2) is 8.35. The van der Waals surface area contributed by atoms with Gasteiger partial charge in [0.2, 0.25) is 5.91 Å². The van der Waals surface area contributed by atoms with E-state index in [1.54, 1.807) is 13.2 Å². The highest BCUT2D eigenvalue weighted by Gasteiger charge is 2.13. The second-order valence-corrected chi connectivity index (χ2v) is 6.69. The first kappa shape index (κ1) is 19.1. The zero-order valence-corrected chi connectivity index (χ0v) is 16.5. The Labute approximate surface area is 163 Å². The molecule has 1 aromatic heterocycles. The van der Waals surface area contributed by atoms with Crippen molar-refractivity contribution in [2.45, 2.75) is 19.9 Å². The van der Waals surface area contributed by atoms with Gasteiger partial charge in [-0.15, -0.1) is 0 Å². The Morgan fingerprint density at radius 3 is 2.78 bits per heavy atom. The van der Waals surface area contributed by atoms with E-state index < -0.39 is 0 Å². The minimum atomic E-state index is -0.0460. The third kappa shape index (κ3) is 4.19. The van der Waals surface area contributed by atoms with Gasteiger partial charge in [-0.2, -0.15) is 0 Å². The van der Waals surface area contributed by atoms with E-state index in [-0.39, 0.29) is 5.91 Å². The summed E-state index contributed by atoms with van der Waals surface area (Å²) < 4.78 is 12.9. The van der Waals surface area contributed by atoms with Crippen molar-refractivity contribution in [1.82, 2.24) is 9.88 Å². The van der Waals surface area contributed by atoms with Crippen LogP contribution in [0.25, 0.3) is 10.9 Å². The number of aryl methyl sites for hydroxylation is 1. The van der Waals surface area contributed by atoms with Crippen LogP contribution in [0.5, 0.6) is 11.5 Å². The van der Waals surface area contributed by atoms with Crippen LogP contribution in [0.4, 0.5) is 0 Å². The van der Waals surface area contributed by atoms with Gasteiger partial charge in [0, 0.05) is 30.7 Å². The molecule has 0 saturated heterocycles. The summed E-state index contributed by atoms with van der Waals surface area (Å²) in [6.07, 6.45) is 2.32. The van der Waals surface area contributed by atoms with Crippen LogP contribution in [0, 0.1) is 0 Å². The number of carbonyl (C=O) groups is 1. The topological polar surface area (TPSA) is 52.5 Å². The molecular formula is C21H23ClN2O3. The maximum absolute atomic E-state index is 12.4. The number of rotatable bonds is 7. The van der Waals surface area contributed by atoms with Gasteiger partial charge < -0.3 is 19.4 Å². The summed E-state index contributed by atoms with van der Waals surface area (Å²) in [6, 6.07) is 11.7. The number of benzene rings is 2. The van der Waals surface area contributed by atoms with E-state index in [9.17, 15) is 4.79 Å². The second-order valence-electron chi connectivity index (χ2n) is 6.28. The predicted octanol–water partition coefficient (Wildman–Crippen LogP) is 4.10. The molecule has 3 rings (SSSR count). The molecule has 0 aliphatic carbocycles. The number of aromatic nitrogens is 1. The average molecular weight is 387 g/mol. The lowest BCUT2D eigenvalue weighted by atomic mass is 10.1. The molecule has 27 heavy (non-hydrogen) atoms. The molecule has 0 bridgehead atoms. The number of carbonyl (C=O) groups excluding carboxylic acids is 1. The van der Waals surface area contributed by atoms with Crippen LogP contribution in [-0.2, 0) is 24.8 Å². The molecule has 1 N–H and O–H groups in total. The standard InChI is InChI=1S/C21H23ClN2O3/c1-4-27-21-17(22)9-14(10-19(21)26-3)12-23-20(25)11-15-13-24(2)18-8-6-5-7-16(15)18/h5-10,13H,4,11-12H2,1-3H3,(H,23,25). The molecule has 6 heteroatoms. The van der Waals surface area contributed by atoms with Crippen LogP contribution >= 0.6 is 11.6 Å². The Balaban J connectivity index is 1.69. The number of hydrogen-bond donors (Lipinski definition) is 1. The fourth-order valence-corrected chi connectivity index (χ4v) is 3.45. The Hall–Kier alpha value is -2.66. The summed E-state index contributed by atoms with van der Waals surface area (Å²) in [5, 5.41) is 4.51. The van der Waals surface area contributed by atoms with Gasteiger partial charge in [0.1, 0.15) is 0 Å². The Bertz CT molecular complexity index is 965. The molecule has 5 nitrogen and oxygen atoms in total. The van der Waals surface area contributed by atoms with E-state index in [0.717, 1.165) is 22.0 Å². The van der Waals surface area contributed by atoms with E-state index >= 15 is 0 Å². The fraction of sp³-hybridized carbons (Fsp3) is 0.286. The van der Waals surface area contributed by atoms with E-state index in [1.165, 1.54) is 0 Å². The zero-order valence-electron chi connectivity index (χ0n) is 15.7. The lowest BCUT2D eigenvalue weighted by Gasteiger charge is -2.13. The first-order chi connectivity index (χ1) is 13.0. The van der Waals surface area contributed by atoms with Crippen molar-refractivity contribution in [3.8, 4) is 11.5 Å². The number of hydrogen-bond acceptors (Lipinski definition) is 3. The number of para-hydroxylation sites is 1. The summed E-state index contributed by atoms with van der Waals surface area (Å²) >= 11 is 6.28. The monoisotopic (exact) mass is 386 g/mol. The average Bonchev–Trinajstić information content (AvgIpc) is 2.98. The van der Waals surface area contributed by atoms with E-state index in [2.05, 4.69) is 5.32 Å². The molecule has 0 aliphatic rings. The highest BCUT2D eigenvalue weighted by atomic mass is 35.5. The maximum Gasteiger partial charge on any atom is 0.224 e. The minimum Gasteiger partial charge on any atom is -0.493 e. The zero-order chi connectivity index (χ0) is 19.4. The highest BCUT2D eigenvalue weighted by Crippen LogP contribution is 2.36. The molecule has 1 heterocycles. The largest absolute Gasteiger partial charge is 0.493 e. The molecule has 0 spiro atoms.